The minimum absolute atomic E-state index is 0.0268. The molecule has 1 N–H and O–H groups in total. The van der Waals surface area contributed by atoms with Gasteiger partial charge in [-0.3, -0.25) is 9.20 Å². The molecule has 2 aromatic heterocycles. The van der Waals surface area contributed by atoms with E-state index in [-0.39, 0.29) is 11.9 Å². The fourth-order valence-corrected chi connectivity index (χ4v) is 4.50. The third-order valence-electron chi connectivity index (χ3n) is 5.14. The van der Waals surface area contributed by atoms with Crippen molar-refractivity contribution in [2.24, 2.45) is 5.92 Å². The Morgan fingerprint density at radius 2 is 2.08 bits per heavy atom. The number of aromatic nitrogens is 2. The molecule has 1 aromatic carbocycles. The number of likely N-dealkylation sites (tertiary alicyclic amines) is 1. The third-order valence-corrected chi connectivity index (χ3v) is 5.89. The fourth-order valence-electron chi connectivity index (χ4n) is 3.76. The Morgan fingerprint density at radius 1 is 1.31 bits per heavy atom. The first kappa shape index (κ1) is 17.2. The zero-order chi connectivity index (χ0) is 17.9. The molecule has 3 aromatic rings. The standard InChI is InChI=1S/C20H23N3O2S/c1-2-25-19(24)16-8-10-22(11-9-16)14-17-18(15-6-4-3-5-7-15)21-20-23(17)12-13-26-20/h3-7,12-13,16H,2,8-11,14H2,1H3/p+1. The van der Waals surface area contributed by atoms with Crippen LogP contribution in [0.4, 0.5) is 0 Å². The molecule has 6 heteroatoms. The van der Waals surface area contributed by atoms with Crippen molar-refractivity contribution in [3.8, 4) is 11.3 Å². The van der Waals surface area contributed by atoms with Crippen LogP contribution in [0.2, 0.25) is 0 Å². The Bertz CT molecular complexity index is 879. The molecule has 0 bridgehead atoms. The lowest BCUT2D eigenvalue weighted by atomic mass is 9.97. The zero-order valence-corrected chi connectivity index (χ0v) is 15.8. The highest BCUT2D eigenvalue weighted by molar-refractivity contribution is 7.15. The number of carbonyl (C=O) groups is 1. The van der Waals surface area contributed by atoms with E-state index in [1.54, 1.807) is 11.3 Å². The molecule has 4 rings (SSSR count). The van der Waals surface area contributed by atoms with Gasteiger partial charge in [-0.15, -0.1) is 11.3 Å². The van der Waals surface area contributed by atoms with E-state index in [0.29, 0.717) is 6.61 Å². The molecular weight excluding hydrogens is 346 g/mol. The minimum atomic E-state index is -0.0268. The molecule has 0 spiro atoms. The molecule has 1 saturated heterocycles. The molecule has 5 nitrogen and oxygen atoms in total. The fraction of sp³-hybridized carbons (Fsp3) is 0.400. The number of esters is 1. The number of thiazole rings is 1. The van der Waals surface area contributed by atoms with Crippen LogP contribution in [0.1, 0.15) is 25.5 Å². The molecule has 0 atom stereocenters. The first-order valence-electron chi connectivity index (χ1n) is 9.26. The van der Waals surface area contributed by atoms with Crippen molar-refractivity contribution in [3.05, 3.63) is 47.6 Å². The van der Waals surface area contributed by atoms with E-state index in [1.165, 1.54) is 16.2 Å². The van der Waals surface area contributed by atoms with Crippen molar-refractivity contribution in [2.75, 3.05) is 19.7 Å². The zero-order valence-electron chi connectivity index (χ0n) is 15.0. The van der Waals surface area contributed by atoms with Gasteiger partial charge in [-0.05, 0) is 6.92 Å². The van der Waals surface area contributed by atoms with E-state index in [1.807, 2.05) is 13.0 Å². The molecule has 1 fully saturated rings. The normalized spacial score (nSPS) is 20.3. The van der Waals surface area contributed by atoms with Crippen LogP contribution in [0, 0.1) is 5.92 Å². The highest BCUT2D eigenvalue weighted by atomic mass is 32.1. The summed E-state index contributed by atoms with van der Waals surface area (Å²) in [5.74, 6) is 0.0417. The van der Waals surface area contributed by atoms with E-state index < -0.39 is 0 Å². The Balaban J connectivity index is 1.53. The number of hydrogen-bond acceptors (Lipinski definition) is 4. The second-order valence-corrected chi connectivity index (χ2v) is 7.65. The van der Waals surface area contributed by atoms with E-state index in [4.69, 9.17) is 9.72 Å². The molecular formula is C20H24N3O2S+. The van der Waals surface area contributed by atoms with Crippen LogP contribution in [0.25, 0.3) is 16.2 Å². The lowest BCUT2D eigenvalue weighted by Gasteiger charge is -2.28. The van der Waals surface area contributed by atoms with Gasteiger partial charge < -0.3 is 9.64 Å². The summed E-state index contributed by atoms with van der Waals surface area (Å²) < 4.78 is 7.41. The largest absolute Gasteiger partial charge is 0.466 e. The number of quaternary nitrogens is 1. The predicted octanol–water partition coefficient (Wildman–Crippen LogP) is 2.42. The van der Waals surface area contributed by atoms with Crippen LogP contribution in [-0.4, -0.2) is 35.1 Å². The number of benzene rings is 1. The smallest absolute Gasteiger partial charge is 0.309 e. The van der Waals surface area contributed by atoms with E-state index in [9.17, 15) is 4.79 Å². The predicted molar refractivity (Wildman–Crippen MR) is 102 cm³/mol. The van der Waals surface area contributed by atoms with Crippen molar-refractivity contribution in [2.45, 2.75) is 26.3 Å². The maximum Gasteiger partial charge on any atom is 0.309 e. The lowest BCUT2D eigenvalue weighted by molar-refractivity contribution is -0.919. The number of ether oxygens (including phenoxy) is 1. The Labute approximate surface area is 157 Å². The van der Waals surface area contributed by atoms with Gasteiger partial charge in [0.05, 0.1) is 31.3 Å². The number of carbonyl (C=O) groups excluding carboxylic acids is 1. The van der Waals surface area contributed by atoms with Crippen LogP contribution in [0.15, 0.2) is 41.9 Å². The third kappa shape index (κ3) is 3.39. The van der Waals surface area contributed by atoms with E-state index >= 15 is 0 Å². The van der Waals surface area contributed by atoms with Crippen LogP contribution in [0.3, 0.4) is 0 Å². The van der Waals surface area contributed by atoms with E-state index in [0.717, 1.165) is 43.1 Å². The number of hydrogen-bond donors (Lipinski definition) is 1. The van der Waals surface area contributed by atoms with Crippen LogP contribution < -0.4 is 4.90 Å². The van der Waals surface area contributed by atoms with Gasteiger partial charge in [-0.25, -0.2) is 4.98 Å². The monoisotopic (exact) mass is 370 g/mol. The van der Waals surface area contributed by atoms with Gasteiger partial charge in [0.25, 0.3) is 0 Å². The summed E-state index contributed by atoms with van der Waals surface area (Å²) in [6.07, 6.45) is 3.92. The van der Waals surface area contributed by atoms with Gasteiger partial charge in [0, 0.05) is 30.0 Å². The quantitative estimate of drug-likeness (QED) is 0.702. The molecule has 0 unspecified atom stereocenters. The molecule has 0 radical (unpaired) electrons. The Hall–Kier alpha value is -2.18. The summed E-state index contributed by atoms with van der Waals surface area (Å²) in [6, 6.07) is 10.4. The van der Waals surface area contributed by atoms with Crippen molar-refractivity contribution in [3.63, 3.8) is 0 Å². The average Bonchev–Trinajstić information content (AvgIpc) is 3.26. The topological polar surface area (TPSA) is 48.0 Å². The van der Waals surface area contributed by atoms with Gasteiger partial charge in [-0.2, -0.15) is 0 Å². The number of piperidine rings is 1. The lowest BCUT2D eigenvalue weighted by Crippen LogP contribution is -3.11. The Morgan fingerprint density at radius 3 is 2.81 bits per heavy atom. The number of imidazole rings is 1. The SMILES string of the molecule is CCOC(=O)C1CC[NH+](Cc2c(-c3ccccc3)nc3sccn23)CC1. The number of nitrogens with one attached hydrogen (secondary N) is 1. The van der Waals surface area contributed by atoms with E-state index in [2.05, 4.69) is 40.2 Å². The molecule has 136 valence electrons. The Kier molecular flexibility index (Phi) is 5.04. The van der Waals surface area contributed by atoms with Crippen LogP contribution >= 0.6 is 11.3 Å². The number of fused-ring (bicyclic) bond motifs is 1. The van der Waals surface area contributed by atoms with Gasteiger partial charge in [0.1, 0.15) is 12.2 Å². The summed E-state index contributed by atoms with van der Waals surface area (Å²) in [6.45, 7) is 5.26. The van der Waals surface area contributed by atoms with Crippen molar-refractivity contribution < 1.29 is 14.4 Å². The van der Waals surface area contributed by atoms with Crippen LogP contribution in [-0.2, 0) is 16.1 Å². The molecule has 26 heavy (non-hydrogen) atoms. The van der Waals surface area contributed by atoms with Crippen molar-refractivity contribution >= 4 is 22.3 Å². The number of nitrogens with zero attached hydrogens (tertiary/aromatic N) is 2. The highest BCUT2D eigenvalue weighted by Crippen LogP contribution is 2.26. The maximum atomic E-state index is 12.0. The van der Waals surface area contributed by atoms with Crippen LogP contribution in [0.5, 0.6) is 0 Å². The second kappa shape index (κ2) is 7.60. The maximum absolute atomic E-state index is 12.0. The molecule has 1 aliphatic rings. The summed E-state index contributed by atoms with van der Waals surface area (Å²) >= 11 is 1.67. The summed E-state index contributed by atoms with van der Waals surface area (Å²) in [5, 5.41) is 2.09. The minimum Gasteiger partial charge on any atom is -0.466 e. The average molecular weight is 370 g/mol. The van der Waals surface area contributed by atoms with Gasteiger partial charge in [-0.1, -0.05) is 30.3 Å². The van der Waals surface area contributed by atoms with Crippen molar-refractivity contribution in [1.29, 1.82) is 0 Å². The molecule has 0 aliphatic carbocycles. The molecule has 0 amide bonds. The molecule has 3 heterocycles. The van der Waals surface area contributed by atoms with Gasteiger partial charge >= 0.3 is 5.97 Å². The first-order chi connectivity index (χ1) is 12.8. The number of rotatable bonds is 5. The summed E-state index contributed by atoms with van der Waals surface area (Å²) in [7, 11) is 0. The van der Waals surface area contributed by atoms with Gasteiger partial charge in [0.2, 0.25) is 0 Å². The highest BCUT2D eigenvalue weighted by Gasteiger charge is 2.29. The molecule has 1 aliphatic heterocycles. The second-order valence-electron chi connectivity index (χ2n) is 6.78. The van der Waals surface area contributed by atoms with Gasteiger partial charge in [0.15, 0.2) is 4.96 Å². The summed E-state index contributed by atoms with van der Waals surface area (Å²) in [5.41, 5.74) is 3.51. The summed E-state index contributed by atoms with van der Waals surface area (Å²) in [4.78, 5) is 19.4. The first-order valence-corrected chi connectivity index (χ1v) is 10.1. The molecule has 0 saturated carbocycles. The van der Waals surface area contributed by atoms with Crippen molar-refractivity contribution in [1.82, 2.24) is 9.38 Å².